The van der Waals surface area contributed by atoms with Crippen LogP contribution in [0.15, 0.2) is 4.52 Å². The Kier molecular flexibility index (Phi) is 8.67. The van der Waals surface area contributed by atoms with E-state index in [4.69, 9.17) is 4.52 Å². The molecule has 7 nitrogen and oxygen atoms in total. The first-order valence-electron chi connectivity index (χ1n) is 12.9. The van der Waals surface area contributed by atoms with E-state index >= 15 is 0 Å². The molecule has 5 heterocycles. The van der Waals surface area contributed by atoms with Crippen LogP contribution in [-0.4, -0.2) is 84.1 Å². The summed E-state index contributed by atoms with van der Waals surface area (Å²) in [4.78, 5) is 0. The minimum atomic E-state index is -1.83. The number of nitrogens with one attached hydrogen (secondary N) is 2. The topological polar surface area (TPSA) is 49.4 Å². The number of rotatable bonds is 5. The summed E-state index contributed by atoms with van der Waals surface area (Å²) < 4.78 is 17.5. The van der Waals surface area contributed by atoms with E-state index in [0.29, 0.717) is 0 Å². The molecule has 5 rings (SSSR count). The first-order chi connectivity index (χ1) is 14.8. The number of nitrogens with zero attached hydrogens (tertiary/aromatic N) is 5. The largest absolute Gasteiger partial charge is 0.352 e. The SMILES string of the molecule is C1CN[P+](N=P(N2CCCC2)(N2CCCC2)N2CCCC2)(N2CCCC2)NC1.CC. The van der Waals surface area contributed by atoms with Crippen LogP contribution in [0.25, 0.3) is 0 Å². The summed E-state index contributed by atoms with van der Waals surface area (Å²) in [5.41, 5.74) is 0. The van der Waals surface area contributed by atoms with Crippen molar-refractivity contribution in [3.63, 3.8) is 0 Å². The van der Waals surface area contributed by atoms with Gasteiger partial charge in [0.25, 0.3) is 0 Å². The van der Waals surface area contributed by atoms with E-state index in [2.05, 4.69) is 28.9 Å². The highest BCUT2D eigenvalue weighted by atomic mass is 31.2. The molecule has 5 saturated heterocycles. The Balaban J connectivity index is 0.00000106. The third-order valence-electron chi connectivity index (χ3n) is 7.15. The number of hydrogen-bond acceptors (Lipinski definition) is 4. The van der Waals surface area contributed by atoms with Crippen molar-refractivity contribution < 1.29 is 0 Å². The van der Waals surface area contributed by atoms with E-state index < -0.39 is 15.4 Å². The van der Waals surface area contributed by atoms with E-state index in [9.17, 15) is 0 Å². The molecule has 0 aliphatic carbocycles. The van der Waals surface area contributed by atoms with Crippen molar-refractivity contribution in [2.75, 3.05) is 65.4 Å². The molecule has 0 saturated carbocycles. The van der Waals surface area contributed by atoms with Gasteiger partial charge in [-0.2, -0.15) is 0 Å². The van der Waals surface area contributed by atoms with Gasteiger partial charge in [-0.05, 0) is 62.3 Å². The molecule has 0 aromatic carbocycles. The summed E-state index contributed by atoms with van der Waals surface area (Å²) in [5.74, 6) is 0. The summed E-state index contributed by atoms with van der Waals surface area (Å²) in [7, 11) is -3.65. The molecule has 30 heavy (non-hydrogen) atoms. The van der Waals surface area contributed by atoms with Gasteiger partial charge in [0.05, 0.1) is 0 Å². The molecular weight excluding hydrogens is 412 g/mol. The van der Waals surface area contributed by atoms with Crippen LogP contribution >= 0.6 is 15.4 Å². The number of hydrogen-bond donors (Lipinski definition) is 2. The summed E-state index contributed by atoms with van der Waals surface area (Å²) in [5, 5.41) is 8.01. The zero-order chi connectivity index (χ0) is 20.9. The van der Waals surface area contributed by atoms with Gasteiger partial charge >= 0.3 is 7.87 Å². The van der Waals surface area contributed by atoms with Crippen LogP contribution in [0.1, 0.15) is 71.6 Å². The lowest BCUT2D eigenvalue weighted by atomic mass is 10.4. The molecule has 0 amide bonds. The van der Waals surface area contributed by atoms with Crippen molar-refractivity contribution in [1.29, 1.82) is 0 Å². The molecule has 0 atom stereocenters. The van der Waals surface area contributed by atoms with Crippen LogP contribution in [0.3, 0.4) is 0 Å². The molecule has 0 spiro atoms. The molecule has 5 fully saturated rings. The van der Waals surface area contributed by atoms with Gasteiger partial charge in [0.1, 0.15) is 0 Å². The lowest BCUT2D eigenvalue weighted by Gasteiger charge is -2.46. The first kappa shape index (κ1) is 23.6. The third kappa shape index (κ3) is 4.56. The van der Waals surface area contributed by atoms with E-state index in [0.717, 1.165) is 13.1 Å². The average molecular weight is 459 g/mol. The first-order valence-corrected chi connectivity index (χ1v) is 16.2. The molecule has 5 aliphatic rings. The monoisotopic (exact) mass is 458 g/mol. The van der Waals surface area contributed by atoms with Gasteiger partial charge in [-0.3, -0.25) is 0 Å². The lowest BCUT2D eigenvalue weighted by Crippen LogP contribution is -2.45. The quantitative estimate of drug-likeness (QED) is 0.587. The maximum atomic E-state index is 6.13. The predicted molar refractivity (Wildman–Crippen MR) is 131 cm³/mol. The second kappa shape index (κ2) is 11.0. The Morgan fingerprint density at radius 1 is 0.567 bits per heavy atom. The van der Waals surface area contributed by atoms with Gasteiger partial charge < -0.3 is 0 Å². The Bertz CT molecular complexity index is 524. The molecule has 0 unspecified atom stereocenters. The van der Waals surface area contributed by atoms with Gasteiger partial charge in [0, 0.05) is 65.4 Å². The van der Waals surface area contributed by atoms with Crippen LogP contribution in [0.5, 0.6) is 0 Å². The molecule has 0 bridgehead atoms. The van der Waals surface area contributed by atoms with Crippen molar-refractivity contribution in [2.45, 2.75) is 71.6 Å². The van der Waals surface area contributed by atoms with Crippen LogP contribution < -0.4 is 10.2 Å². The van der Waals surface area contributed by atoms with Crippen molar-refractivity contribution in [3.8, 4) is 0 Å². The van der Waals surface area contributed by atoms with Crippen LogP contribution in [0, 0.1) is 0 Å². The maximum absolute atomic E-state index is 6.13. The highest BCUT2D eigenvalue weighted by Gasteiger charge is 2.55. The Hall–Kier alpha value is 0.420. The van der Waals surface area contributed by atoms with Gasteiger partial charge in [-0.1, -0.05) is 13.8 Å². The van der Waals surface area contributed by atoms with Crippen LogP contribution in [-0.2, 0) is 0 Å². The molecule has 9 heteroatoms. The highest BCUT2D eigenvalue weighted by Crippen LogP contribution is 2.72. The summed E-state index contributed by atoms with van der Waals surface area (Å²) in [6.45, 7) is 16.2. The molecule has 0 aromatic rings. The molecule has 0 radical (unpaired) electrons. The van der Waals surface area contributed by atoms with Crippen molar-refractivity contribution >= 4 is 15.4 Å². The second-order valence-electron chi connectivity index (χ2n) is 9.04. The van der Waals surface area contributed by atoms with Crippen LogP contribution in [0.2, 0.25) is 0 Å². The van der Waals surface area contributed by atoms with E-state index in [1.807, 2.05) is 13.8 Å². The minimum Gasteiger partial charge on any atom is -0.243 e. The van der Waals surface area contributed by atoms with Gasteiger partial charge in [-0.15, -0.1) is 14.8 Å². The molecule has 174 valence electrons. The lowest BCUT2D eigenvalue weighted by molar-refractivity contribution is 0.384. The fraction of sp³-hybridized carbons (Fsp3) is 1.00. The van der Waals surface area contributed by atoms with Gasteiger partial charge in [0.2, 0.25) is 7.51 Å². The van der Waals surface area contributed by atoms with E-state index in [1.165, 1.54) is 110 Å². The minimum absolute atomic E-state index is 1.13. The Morgan fingerprint density at radius 2 is 0.933 bits per heavy atom. The zero-order valence-corrected chi connectivity index (χ0v) is 21.4. The maximum Gasteiger partial charge on any atom is 0.352 e. The molecular formula is C21H46N7P2+. The van der Waals surface area contributed by atoms with Crippen molar-refractivity contribution in [3.05, 3.63) is 0 Å². The van der Waals surface area contributed by atoms with Crippen molar-refractivity contribution in [1.82, 2.24) is 28.9 Å². The van der Waals surface area contributed by atoms with Crippen molar-refractivity contribution in [2.24, 2.45) is 4.52 Å². The summed E-state index contributed by atoms with van der Waals surface area (Å²) >= 11 is 0. The third-order valence-corrected chi connectivity index (χ3v) is 15.2. The predicted octanol–water partition coefficient (Wildman–Crippen LogP) is 4.60. The second-order valence-corrected chi connectivity index (χ2v) is 14.9. The van der Waals surface area contributed by atoms with Gasteiger partial charge in [-0.25, -0.2) is 14.0 Å². The fourth-order valence-corrected chi connectivity index (χ4v) is 15.3. The normalized spacial score (nSPS) is 29.3. The average Bonchev–Trinajstić information content (AvgIpc) is 3.63. The Labute approximate surface area is 186 Å². The molecule has 0 aromatic heterocycles. The van der Waals surface area contributed by atoms with E-state index in [-0.39, 0.29) is 0 Å². The summed E-state index contributed by atoms with van der Waals surface area (Å²) in [6, 6.07) is 0. The fourth-order valence-electron chi connectivity index (χ4n) is 5.71. The Morgan fingerprint density at radius 3 is 1.33 bits per heavy atom. The molecule has 5 aliphatic heterocycles. The smallest absolute Gasteiger partial charge is 0.243 e. The van der Waals surface area contributed by atoms with Gasteiger partial charge in [0.15, 0.2) is 0 Å². The zero-order valence-electron chi connectivity index (χ0n) is 19.6. The van der Waals surface area contributed by atoms with E-state index in [1.54, 1.807) is 0 Å². The summed E-state index contributed by atoms with van der Waals surface area (Å²) in [6.07, 6.45) is 12.0. The van der Waals surface area contributed by atoms with Crippen LogP contribution in [0.4, 0.5) is 0 Å². The highest BCUT2D eigenvalue weighted by molar-refractivity contribution is 7.76. The standard InChI is InChI=1S/C19H40N7P2.C2H6/c1-2-13-23(12-1)27(20-10-9-11-21-27)22-28(24-14-3-4-15-24,25-16-5-6-17-25)26-18-7-8-19-26;1-2/h20-21H,1-19H2;1-2H3/q+1;. The molecule has 2 N–H and O–H groups in total.